The van der Waals surface area contributed by atoms with E-state index in [1.165, 1.54) is 24.4 Å². The summed E-state index contributed by atoms with van der Waals surface area (Å²) in [5, 5.41) is 20.4. The third-order valence-corrected chi connectivity index (χ3v) is 7.08. The van der Waals surface area contributed by atoms with Gasteiger partial charge in [0.1, 0.15) is 17.3 Å². The number of likely N-dealkylation sites (tertiary alicyclic amines) is 1. The van der Waals surface area contributed by atoms with Crippen molar-refractivity contribution >= 4 is 39.5 Å². The van der Waals surface area contributed by atoms with Crippen LogP contribution in [0.25, 0.3) is 0 Å². The summed E-state index contributed by atoms with van der Waals surface area (Å²) in [4.78, 5) is 31.6. The van der Waals surface area contributed by atoms with E-state index in [0.29, 0.717) is 4.47 Å². The lowest BCUT2D eigenvalue weighted by atomic mass is 9.64. The molecule has 1 aliphatic rings. The molecule has 1 aromatic carbocycles. The van der Waals surface area contributed by atoms with Crippen molar-refractivity contribution in [3.63, 3.8) is 0 Å². The van der Waals surface area contributed by atoms with E-state index in [1.807, 2.05) is 6.07 Å². The highest BCUT2D eigenvalue weighted by Crippen LogP contribution is 2.58. The summed E-state index contributed by atoms with van der Waals surface area (Å²) in [6.07, 6.45) is 0.955. The smallest absolute Gasteiger partial charge is 0.434 e. The minimum absolute atomic E-state index is 0.0690. The number of nitrogens with zero attached hydrogens (tertiary/aromatic N) is 3. The van der Waals surface area contributed by atoms with E-state index < -0.39 is 63.2 Å². The third-order valence-electron chi connectivity index (χ3n) is 6.32. The van der Waals surface area contributed by atoms with Crippen molar-refractivity contribution in [1.29, 1.82) is 5.26 Å². The van der Waals surface area contributed by atoms with Crippen molar-refractivity contribution in [2.24, 2.45) is 5.41 Å². The number of carboxylic acids is 1. The molecule has 7 nitrogen and oxygen atoms in total. The van der Waals surface area contributed by atoms with E-state index in [4.69, 9.17) is 11.6 Å². The Hall–Kier alpha value is -2.75. The van der Waals surface area contributed by atoms with Crippen LogP contribution in [0.2, 0.25) is 5.02 Å². The van der Waals surface area contributed by atoms with Gasteiger partial charge in [0.2, 0.25) is 0 Å². The molecule has 198 valence electrons. The first-order valence-corrected chi connectivity index (χ1v) is 12.0. The molecule has 0 amide bonds. The Morgan fingerprint density at radius 3 is 2.43 bits per heavy atom. The molecule has 2 aromatic rings. The maximum absolute atomic E-state index is 15.6. The highest BCUT2D eigenvalue weighted by molar-refractivity contribution is 9.10. The fourth-order valence-corrected chi connectivity index (χ4v) is 5.40. The molecule has 1 N–H and O–H groups in total. The van der Waals surface area contributed by atoms with Crippen molar-refractivity contribution in [2.45, 2.75) is 56.7 Å². The monoisotopic (exact) mass is 605 g/mol. The van der Waals surface area contributed by atoms with E-state index in [1.54, 1.807) is 20.8 Å². The number of nitriles is 1. The number of aromatic nitrogens is 1. The van der Waals surface area contributed by atoms with Crippen molar-refractivity contribution in [1.82, 2.24) is 9.88 Å². The molecular weight excluding hydrogens is 586 g/mol. The second-order valence-corrected chi connectivity index (χ2v) is 11.2. The molecule has 1 fully saturated rings. The second kappa shape index (κ2) is 10.2. The van der Waals surface area contributed by atoms with Gasteiger partial charge in [0.25, 0.3) is 0 Å². The Bertz CT molecular complexity index is 1250. The topological polar surface area (TPSA) is 104 Å². The van der Waals surface area contributed by atoms with Crippen LogP contribution in [-0.4, -0.2) is 45.1 Å². The molecule has 1 aliphatic heterocycles. The number of hydrogen-bond acceptors (Lipinski definition) is 6. The van der Waals surface area contributed by atoms with Gasteiger partial charge in [0.05, 0.1) is 16.8 Å². The molecule has 0 aliphatic carbocycles. The number of benzene rings is 1. The average molecular weight is 607 g/mol. The van der Waals surface area contributed by atoms with Crippen molar-refractivity contribution < 1.29 is 37.3 Å². The first-order chi connectivity index (χ1) is 17.1. The predicted molar refractivity (Wildman–Crippen MR) is 127 cm³/mol. The molecule has 2 heterocycles. The largest absolute Gasteiger partial charge is 0.480 e. The maximum atomic E-state index is 15.6. The van der Waals surface area contributed by atoms with Gasteiger partial charge in [-0.1, -0.05) is 44.5 Å². The maximum Gasteiger partial charge on any atom is 0.434 e. The first-order valence-electron chi connectivity index (χ1n) is 10.8. The highest BCUT2D eigenvalue weighted by atomic mass is 79.9. The SMILES string of the molecule is CC(C)(C)C[C@@H]1N(C(F)(F)C(=O)OF)[C@@H](C(=O)O)[C@H](c2cccc(Cl)c2F)[C@@]1(C#N)c1ccc(Br)cn1. The number of carbonyl (C=O) groups excluding carboxylic acids is 1. The standard InChI is InChI=1S/C24H21BrClF4N3O4/c1-22(2,3)9-16-23(11-31,15-8-7-12(25)10-32-15)17(13-5-4-6-14(26)18(13)27)19(20(34)35)33(16)24(28,29)21(36)37-30/h4-8,10,16-17,19H,9H2,1-3H3,(H,34,35)/t16-,17-,19+,23-/m0/s1. The third kappa shape index (κ3) is 4.92. The summed E-state index contributed by atoms with van der Waals surface area (Å²) in [5.41, 5.74) is -3.74. The van der Waals surface area contributed by atoms with Crippen LogP contribution < -0.4 is 0 Å². The van der Waals surface area contributed by atoms with Crippen LogP contribution >= 0.6 is 27.5 Å². The molecule has 13 heteroatoms. The number of aliphatic carboxylic acids is 1. The molecule has 0 saturated carbocycles. The summed E-state index contributed by atoms with van der Waals surface area (Å²) in [5.74, 6) is -7.60. The van der Waals surface area contributed by atoms with Crippen LogP contribution in [0.5, 0.6) is 0 Å². The van der Waals surface area contributed by atoms with Gasteiger partial charge >= 0.3 is 18.0 Å². The fraction of sp³-hybridized carbons (Fsp3) is 0.417. The van der Waals surface area contributed by atoms with Gasteiger partial charge in [-0.25, -0.2) is 19.0 Å². The highest BCUT2D eigenvalue weighted by Gasteiger charge is 2.72. The lowest BCUT2D eigenvalue weighted by molar-refractivity contribution is -0.245. The Labute approximate surface area is 223 Å². The minimum Gasteiger partial charge on any atom is -0.480 e. The Morgan fingerprint density at radius 2 is 1.95 bits per heavy atom. The van der Waals surface area contributed by atoms with E-state index in [-0.39, 0.29) is 17.0 Å². The van der Waals surface area contributed by atoms with Crippen LogP contribution in [0, 0.1) is 22.6 Å². The fourth-order valence-electron chi connectivity index (χ4n) is 4.98. The van der Waals surface area contributed by atoms with Crippen LogP contribution in [0.1, 0.15) is 44.4 Å². The van der Waals surface area contributed by atoms with Gasteiger partial charge in [-0.15, -0.1) is 0 Å². The summed E-state index contributed by atoms with van der Waals surface area (Å²) < 4.78 is 59.9. The average Bonchev–Trinajstić information content (AvgIpc) is 3.10. The van der Waals surface area contributed by atoms with E-state index in [2.05, 4.69) is 25.9 Å². The number of hydrogen-bond donors (Lipinski definition) is 1. The summed E-state index contributed by atoms with van der Waals surface area (Å²) in [7, 11) is 0. The Morgan fingerprint density at radius 1 is 1.30 bits per heavy atom. The molecule has 1 aromatic heterocycles. The predicted octanol–water partition coefficient (Wildman–Crippen LogP) is 5.78. The molecular formula is C24H21BrClF4N3O4. The molecule has 37 heavy (non-hydrogen) atoms. The lowest BCUT2D eigenvalue weighted by Gasteiger charge is -2.39. The molecule has 4 atom stereocenters. The van der Waals surface area contributed by atoms with Crippen molar-refractivity contribution in [2.75, 3.05) is 0 Å². The second-order valence-electron chi connectivity index (χ2n) is 9.84. The number of alkyl halides is 2. The van der Waals surface area contributed by atoms with Crippen LogP contribution in [0.4, 0.5) is 17.7 Å². The normalized spacial score (nSPS) is 24.5. The quantitative estimate of drug-likeness (QED) is 0.329. The van der Waals surface area contributed by atoms with Crippen LogP contribution in [0.3, 0.4) is 0 Å². The van der Waals surface area contributed by atoms with Gasteiger partial charge in [-0.3, -0.25) is 9.78 Å². The van der Waals surface area contributed by atoms with Crippen LogP contribution in [0.15, 0.2) is 41.0 Å². The van der Waals surface area contributed by atoms with Crippen LogP contribution in [-0.2, 0) is 19.9 Å². The summed E-state index contributed by atoms with van der Waals surface area (Å²) >= 11 is 9.15. The van der Waals surface area contributed by atoms with Gasteiger partial charge in [-0.05, 0) is 51.5 Å². The number of carbonyl (C=O) groups is 2. The van der Waals surface area contributed by atoms with Gasteiger partial charge in [0, 0.05) is 27.2 Å². The summed E-state index contributed by atoms with van der Waals surface area (Å²) in [6, 6.07) is -0.785. The number of halogens is 6. The van der Waals surface area contributed by atoms with Gasteiger partial charge < -0.3 is 5.11 Å². The Kier molecular flexibility index (Phi) is 7.94. The zero-order valence-corrected chi connectivity index (χ0v) is 22.0. The van der Waals surface area contributed by atoms with Gasteiger partial charge in [-0.2, -0.15) is 14.0 Å². The first kappa shape index (κ1) is 28.8. The molecule has 0 bridgehead atoms. The molecule has 3 rings (SSSR count). The number of rotatable bonds is 6. The summed E-state index contributed by atoms with van der Waals surface area (Å²) in [6.45, 7) is 4.91. The van der Waals surface area contributed by atoms with E-state index >= 15 is 13.2 Å². The van der Waals surface area contributed by atoms with Gasteiger partial charge in [0.15, 0.2) is 0 Å². The van der Waals surface area contributed by atoms with E-state index in [0.717, 1.165) is 12.1 Å². The number of carboxylic acid groups (broad SMARTS) is 1. The van der Waals surface area contributed by atoms with Crippen molar-refractivity contribution in [3.8, 4) is 6.07 Å². The lowest BCUT2D eigenvalue weighted by Crippen LogP contribution is -2.58. The molecule has 0 spiro atoms. The zero-order valence-electron chi connectivity index (χ0n) is 19.7. The van der Waals surface area contributed by atoms with Crippen molar-refractivity contribution in [3.05, 3.63) is 63.1 Å². The zero-order chi connectivity index (χ0) is 27.9. The molecule has 1 saturated heterocycles. The molecule has 0 unspecified atom stereocenters. The van der Waals surface area contributed by atoms with E-state index in [9.17, 15) is 24.5 Å². The minimum atomic E-state index is -4.87. The number of pyridine rings is 1. The Balaban J connectivity index is 2.54. The molecule has 0 radical (unpaired) electrons.